The van der Waals surface area contributed by atoms with Crippen molar-refractivity contribution in [1.82, 2.24) is 5.32 Å². The molecule has 0 fully saturated rings. The fourth-order valence-corrected chi connectivity index (χ4v) is 1.24. The van der Waals surface area contributed by atoms with E-state index in [9.17, 15) is 14.0 Å². The Bertz CT molecular complexity index is 233. The van der Waals surface area contributed by atoms with Crippen LogP contribution in [0.3, 0.4) is 0 Å². The van der Waals surface area contributed by atoms with Crippen LogP contribution in [0.25, 0.3) is 0 Å². The zero-order valence-corrected chi connectivity index (χ0v) is 8.51. The highest BCUT2D eigenvalue weighted by molar-refractivity contribution is 7.98. The van der Waals surface area contributed by atoms with Crippen molar-refractivity contribution in [3.63, 3.8) is 0 Å². The molecular formula is C8H12FNO3S. The summed E-state index contributed by atoms with van der Waals surface area (Å²) in [6.07, 6.45) is 2.88. The summed E-state index contributed by atoms with van der Waals surface area (Å²) in [6.45, 7) is 0. The van der Waals surface area contributed by atoms with Crippen molar-refractivity contribution in [2.45, 2.75) is 12.5 Å². The van der Waals surface area contributed by atoms with E-state index in [-0.39, 0.29) is 6.33 Å². The van der Waals surface area contributed by atoms with E-state index < -0.39 is 17.9 Å². The predicted molar refractivity (Wildman–Crippen MR) is 52.8 cm³/mol. The van der Waals surface area contributed by atoms with E-state index in [2.05, 4.69) is 5.32 Å². The van der Waals surface area contributed by atoms with Gasteiger partial charge in [0.05, 0.1) is 6.33 Å². The highest BCUT2D eigenvalue weighted by Gasteiger charge is 2.17. The van der Waals surface area contributed by atoms with Gasteiger partial charge in [-0.3, -0.25) is 4.79 Å². The number of thioether (sulfide) groups is 1. The zero-order valence-electron chi connectivity index (χ0n) is 7.70. The van der Waals surface area contributed by atoms with Crippen molar-refractivity contribution >= 4 is 23.6 Å². The van der Waals surface area contributed by atoms with Gasteiger partial charge in [-0.1, -0.05) is 0 Å². The lowest BCUT2D eigenvalue weighted by molar-refractivity contribution is -0.141. The molecule has 80 valence electrons. The van der Waals surface area contributed by atoms with Gasteiger partial charge in [-0.05, 0) is 18.4 Å². The predicted octanol–water partition coefficient (Wildman–Crippen LogP) is 0.792. The van der Waals surface area contributed by atoms with Gasteiger partial charge in [-0.2, -0.15) is 11.8 Å². The highest BCUT2D eigenvalue weighted by Crippen LogP contribution is 2.00. The normalized spacial score (nSPS) is 12.7. The van der Waals surface area contributed by atoms with Crippen LogP contribution in [0, 0.1) is 0 Å². The number of carboxylic acids is 1. The molecule has 0 heterocycles. The third-order valence-corrected chi connectivity index (χ3v) is 2.08. The average molecular weight is 221 g/mol. The summed E-state index contributed by atoms with van der Waals surface area (Å²) in [5.74, 6) is -1.22. The molecule has 2 N–H and O–H groups in total. The van der Waals surface area contributed by atoms with Gasteiger partial charge in [-0.15, -0.1) is 0 Å². The first kappa shape index (κ1) is 13.0. The van der Waals surface area contributed by atoms with E-state index in [1.807, 2.05) is 6.26 Å². The molecule has 6 heteroatoms. The summed E-state index contributed by atoms with van der Waals surface area (Å²) in [6, 6.07) is -0.953. The van der Waals surface area contributed by atoms with Gasteiger partial charge in [0.2, 0.25) is 5.91 Å². The molecule has 0 aliphatic carbocycles. The lowest BCUT2D eigenvalue weighted by atomic mass is 10.2. The number of aliphatic carboxylic acids is 1. The summed E-state index contributed by atoms with van der Waals surface area (Å²) >= 11 is 1.48. The molecule has 0 saturated heterocycles. The largest absolute Gasteiger partial charge is 0.480 e. The Balaban J connectivity index is 4.08. The molecule has 0 rings (SSSR count). The Morgan fingerprint density at radius 1 is 1.64 bits per heavy atom. The number of carbonyl (C=O) groups excluding carboxylic acids is 1. The minimum absolute atomic E-state index is 0.0722. The average Bonchev–Trinajstić information content (AvgIpc) is 2.12. The van der Waals surface area contributed by atoms with Crippen molar-refractivity contribution in [1.29, 1.82) is 0 Å². The highest BCUT2D eigenvalue weighted by atomic mass is 32.2. The number of nitrogens with one attached hydrogen (secondary N) is 1. The molecule has 1 amide bonds. The first-order valence-electron chi connectivity index (χ1n) is 3.90. The standard InChI is InChI=1S/C8H12FNO3S/c1-14-5-3-6(8(12)13)10-7(11)2-4-9/h2,4,6H,3,5H2,1H3,(H,10,11)(H,12,13)/t6-/m0/s1. The second-order valence-corrected chi connectivity index (χ2v) is 3.46. The summed E-state index contributed by atoms with van der Waals surface area (Å²) in [7, 11) is 0. The number of hydrogen-bond acceptors (Lipinski definition) is 3. The lowest BCUT2D eigenvalue weighted by Crippen LogP contribution is -2.40. The fraction of sp³-hybridized carbons (Fsp3) is 0.500. The SMILES string of the molecule is CSCC[C@H](NC(=O)C=CF)C(=O)O. The molecule has 4 nitrogen and oxygen atoms in total. The quantitative estimate of drug-likeness (QED) is 0.651. The van der Waals surface area contributed by atoms with Gasteiger partial charge >= 0.3 is 5.97 Å². The summed E-state index contributed by atoms with van der Waals surface area (Å²) in [5.41, 5.74) is 0. The molecule has 0 bridgehead atoms. The van der Waals surface area contributed by atoms with Gasteiger partial charge in [0.1, 0.15) is 6.04 Å². The Kier molecular flexibility index (Phi) is 6.82. The third-order valence-electron chi connectivity index (χ3n) is 1.44. The molecule has 1 atom stereocenters. The van der Waals surface area contributed by atoms with Crippen molar-refractivity contribution in [2.75, 3.05) is 12.0 Å². The van der Waals surface area contributed by atoms with Crippen LogP contribution in [0.4, 0.5) is 4.39 Å². The molecule has 0 aromatic rings. The van der Waals surface area contributed by atoms with Crippen LogP contribution in [0.1, 0.15) is 6.42 Å². The van der Waals surface area contributed by atoms with E-state index >= 15 is 0 Å². The first-order valence-corrected chi connectivity index (χ1v) is 5.30. The molecule has 0 aromatic heterocycles. The van der Waals surface area contributed by atoms with Gasteiger partial charge in [0.15, 0.2) is 0 Å². The molecule has 0 saturated carbocycles. The zero-order chi connectivity index (χ0) is 11.0. The number of carboxylic acid groups (broad SMARTS) is 1. The van der Waals surface area contributed by atoms with Crippen molar-refractivity contribution in [3.8, 4) is 0 Å². The molecule has 0 aliphatic rings. The molecule has 14 heavy (non-hydrogen) atoms. The monoisotopic (exact) mass is 221 g/mol. The minimum Gasteiger partial charge on any atom is -0.480 e. The topological polar surface area (TPSA) is 66.4 Å². The van der Waals surface area contributed by atoms with Crippen LogP contribution in [-0.4, -0.2) is 35.0 Å². The van der Waals surface area contributed by atoms with Crippen molar-refractivity contribution < 1.29 is 19.1 Å². The molecular weight excluding hydrogens is 209 g/mol. The van der Waals surface area contributed by atoms with Gasteiger partial charge in [0, 0.05) is 6.08 Å². The van der Waals surface area contributed by atoms with Gasteiger partial charge in [-0.25, -0.2) is 9.18 Å². The van der Waals surface area contributed by atoms with Crippen LogP contribution in [0.2, 0.25) is 0 Å². The Hall–Kier alpha value is -1.04. The van der Waals surface area contributed by atoms with Crippen LogP contribution in [0.5, 0.6) is 0 Å². The summed E-state index contributed by atoms with van der Waals surface area (Å²) in [4.78, 5) is 21.4. The maximum Gasteiger partial charge on any atom is 0.326 e. The molecule has 0 radical (unpaired) electrons. The van der Waals surface area contributed by atoms with E-state index in [1.165, 1.54) is 11.8 Å². The van der Waals surface area contributed by atoms with Gasteiger partial charge in [0.25, 0.3) is 0 Å². The van der Waals surface area contributed by atoms with Gasteiger partial charge < -0.3 is 10.4 Å². The minimum atomic E-state index is -1.11. The second kappa shape index (κ2) is 7.37. The first-order chi connectivity index (χ1) is 6.61. The molecule has 0 aromatic carbocycles. The summed E-state index contributed by atoms with van der Waals surface area (Å²) < 4.78 is 11.6. The Labute approximate surface area is 85.6 Å². The van der Waals surface area contributed by atoms with E-state index in [0.29, 0.717) is 18.2 Å². The molecule has 0 spiro atoms. The van der Waals surface area contributed by atoms with Crippen LogP contribution >= 0.6 is 11.8 Å². The second-order valence-electron chi connectivity index (χ2n) is 2.47. The number of halogens is 1. The smallest absolute Gasteiger partial charge is 0.326 e. The Morgan fingerprint density at radius 2 is 2.29 bits per heavy atom. The van der Waals surface area contributed by atoms with Crippen LogP contribution < -0.4 is 5.32 Å². The lowest BCUT2D eigenvalue weighted by Gasteiger charge is -2.11. The third kappa shape index (κ3) is 5.58. The number of carbonyl (C=O) groups is 2. The molecule has 0 aliphatic heterocycles. The molecule has 0 unspecified atom stereocenters. The van der Waals surface area contributed by atoms with E-state index in [0.717, 1.165) is 0 Å². The fourth-order valence-electron chi connectivity index (χ4n) is 0.770. The van der Waals surface area contributed by atoms with Crippen LogP contribution in [-0.2, 0) is 9.59 Å². The van der Waals surface area contributed by atoms with Crippen molar-refractivity contribution in [3.05, 3.63) is 12.4 Å². The van der Waals surface area contributed by atoms with E-state index in [4.69, 9.17) is 5.11 Å². The maximum atomic E-state index is 11.6. The maximum absolute atomic E-state index is 11.6. The number of rotatable bonds is 6. The van der Waals surface area contributed by atoms with Crippen molar-refractivity contribution in [2.24, 2.45) is 0 Å². The summed E-state index contributed by atoms with van der Waals surface area (Å²) in [5, 5.41) is 10.8. The number of amides is 1. The van der Waals surface area contributed by atoms with Crippen LogP contribution in [0.15, 0.2) is 12.4 Å². The number of hydrogen-bond donors (Lipinski definition) is 2. The van der Waals surface area contributed by atoms with E-state index in [1.54, 1.807) is 0 Å². The Morgan fingerprint density at radius 3 is 2.71 bits per heavy atom.